The van der Waals surface area contributed by atoms with Gasteiger partial charge in [0.2, 0.25) is 0 Å². The smallest absolute Gasteiger partial charge is 0.257 e. The average Bonchev–Trinajstić information content (AvgIpc) is 2.59. The summed E-state index contributed by atoms with van der Waals surface area (Å²) >= 11 is 12.0. The van der Waals surface area contributed by atoms with Crippen LogP contribution in [0, 0.1) is 0 Å². The maximum atomic E-state index is 12.4. The summed E-state index contributed by atoms with van der Waals surface area (Å²) < 4.78 is 0. The first-order valence-corrected chi connectivity index (χ1v) is 8.21. The van der Waals surface area contributed by atoms with E-state index in [9.17, 15) is 4.79 Å². The number of hydrogen-bond donors (Lipinski definition) is 3. The van der Waals surface area contributed by atoms with Crippen molar-refractivity contribution in [2.24, 2.45) is 0 Å². The molecular weight excluding hydrogens is 357 g/mol. The van der Waals surface area contributed by atoms with E-state index in [1.54, 1.807) is 0 Å². The molecule has 0 radical (unpaired) electrons. The lowest BCUT2D eigenvalue weighted by atomic mass is 10.1. The zero-order valence-corrected chi connectivity index (χ0v) is 14.6. The normalized spacial score (nSPS) is 10.5. The maximum absolute atomic E-state index is 12.4. The third-order valence-corrected chi connectivity index (χ3v) is 4.36. The van der Waals surface area contributed by atoms with Crippen LogP contribution >= 0.6 is 23.2 Å². The molecular formula is C19H15Cl2N3O. The second-order valence-electron chi connectivity index (χ2n) is 5.51. The van der Waals surface area contributed by atoms with Crippen LogP contribution in [0.5, 0.6) is 0 Å². The zero-order valence-electron chi connectivity index (χ0n) is 13.1. The number of halogens is 2. The third-order valence-electron chi connectivity index (χ3n) is 3.72. The van der Waals surface area contributed by atoms with Crippen LogP contribution in [0.2, 0.25) is 10.0 Å². The summed E-state index contributed by atoms with van der Waals surface area (Å²) in [4.78, 5) is 12.4. The highest BCUT2D eigenvalue weighted by atomic mass is 35.5. The Morgan fingerprint density at radius 2 is 1.36 bits per heavy atom. The molecule has 0 aromatic heterocycles. The minimum atomic E-state index is -0.355. The molecule has 1 amide bonds. The number of anilines is 3. The van der Waals surface area contributed by atoms with Gasteiger partial charge in [0.1, 0.15) is 0 Å². The quantitative estimate of drug-likeness (QED) is 0.561. The lowest BCUT2D eigenvalue weighted by Gasteiger charge is -2.09. The Bertz CT molecular complexity index is 923. The number of amides is 1. The molecule has 4 nitrogen and oxygen atoms in total. The van der Waals surface area contributed by atoms with Gasteiger partial charge in [0.05, 0.1) is 21.3 Å². The van der Waals surface area contributed by atoms with E-state index in [0.717, 1.165) is 11.1 Å². The Kier molecular flexibility index (Phi) is 4.83. The van der Waals surface area contributed by atoms with Gasteiger partial charge in [-0.25, -0.2) is 0 Å². The molecule has 0 unspecified atom stereocenters. The first kappa shape index (κ1) is 17.1. The largest absolute Gasteiger partial charge is 0.399 e. The molecule has 0 bridgehead atoms. The Morgan fingerprint density at radius 3 is 1.96 bits per heavy atom. The Hall–Kier alpha value is -2.69. The molecule has 0 heterocycles. The highest BCUT2D eigenvalue weighted by molar-refractivity contribution is 6.37. The minimum Gasteiger partial charge on any atom is -0.399 e. The van der Waals surface area contributed by atoms with E-state index in [0.29, 0.717) is 17.1 Å². The lowest BCUT2D eigenvalue weighted by Crippen LogP contribution is -2.12. The van der Waals surface area contributed by atoms with Gasteiger partial charge in [0.25, 0.3) is 5.91 Å². The van der Waals surface area contributed by atoms with E-state index < -0.39 is 0 Å². The predicted octanol–water partition coefficient (Wildman–Crippen LogP) is 5.08. The fourth-order valence-corrected chi connectivity index (χ4v) is 2.78. The average molecular weight is 372 g/mol. The highest BCUT2D eigenvalue weighted by Crippen LogP contribution is 2.28. The second kappa shape index (κ2) is 7.05. The number of carbonyl (C=O) groups is 1. The summed E-state index contributed by atoms with van der Waals surface area (Å²) in [5, 5.41) is 3.32. The molecule has 0 atom stereocenters. The van der Waals surface area contributed by atoms with Crippen LogP contribution in [0.25, 0.3) is 11.1 Å². The number of benzene rings is 3. The Balaban J connectivity index is 1.78. The molecule has 25 heavy (non-hydrogen) atoms. The summed E-state index contributed by atoms with van der Waals surface area (Å²) in [5.41, 5.74) is 15.4. The van der Waals surface area contributed by atoms with E-state index in [1.807, 2.05) is 48.5 Å². The van der Waals surface area contributed by atoms with Crippen LogP contribution in [0.3, 0.4) is 0 Å². The molecule has 0 spiro atoms. The lowest BCUT2D eigenvalue weighted by molar-refractivity contribution is 0.102. The van der Waals surface area contributed by atoms with Crippen molar-refractivity contribution in [3.05, 3.63) is 76.3 Å². The van der Waals surface area contributed by atoms with E-state index in [-0.39, 0.29) is 21.5 Å². The number of carbonyl (C=O) groups excluding carboxylic acids is 1. The Morgan fingerprint density at radius 1 is 0.800 bits per heavy atom. The number of nitrogen functional groups attached to an aromatic ring is 2. The molecule has 126 valence electrons. The third kappa shape index (κ3) is 3.87. The summed E-state index contributed by atoms with van der Waals surface area (Å²) in [5.74, 6) is -0.355. The van der Waals surface area contributed by atoms with Crippen LogP contribution in [0.15, 0.2) is 60.7 Å². The van der Waals surface area contributed by atoms with Gasteiger partial charge in [-0.2, -0.15) is 0 Å². The molecule has 3 rings (SSSR count). The monoisotopic (exact) mass is 371 g/mol. The van der Waals surface area contributed by atoms with Crippen LogP contribution in [0.1, 0.15) is 10.4 Å². The molecule has 0 fully saturated rings. The summed E-state index contributed by atoms with van der Waals surface area (Å²) in [6.07, 6.45) is 0. The first-order valence-electron chi connectivity index (χ1n) is 7.46. The number of nitrogens with two attached hydrogens (primary N) is 2. The van der Waals surface area contributed by atoms with E-state index in [4.69, 9.17) is 34.7 Å². The van der Waals surface area contributed by atoms with Gasteiger partial charge < -0.3 is 16.8 Å². The van der Waals surface area contributed by atoms with Crippen LogP contribution < -0.4 is 16.8 Å². The van der Waals surface area contributed by atoms with Crippen LogP contribution in [-0.4, -0.2) is 5.91 Å². The van der Waals surface area contributed by atoms with Gasteiger partial charge in [-0.1, -0.05) is 47.5 Å². The molecule has 0 aliphatic heterocycles. The van der Waals surface area contributed by atoms with Gasteiger partial charge in [0, 0.05) is 11.4 Å². The van der Waals surface area contributed by atoms with Gasteiger partial charge in [-0.15, -0.1) is 0 Å². The number of hydrogen-bond acceptors (Lipinski definition) is 3. The fraction of sp³-hybridized carbons (Fsp3) is 0. The summed E-state index contributed by atoms with van der Waals surface area (Å²) in [6, 6.07) is 18.0. The predicted molar refractivity (Wildman–Crippen MR) is 105 cm³/mol. The van der Waals surface area contributed by atoms with Crippen molar-refractivity contribution in [2.45, 2.75) is 0 Å². The molecule has 3 aromatic carbocycles. The fourth-order valence-electron chi connectivity index (χ4n) is 2.36. The first-order chi connectivity index (χ1) is 11.9. The molecule has 5 N–H and O–H groups in total. The zero-order chi connectivity index (χ0) is 18.0. The van der Waals surface area contributed by atoms with Crippen molar-refractivity contribution in [2.75, 3.05) is 16.8 Å². The van der Waals surface area contributed by atoms with Crippen molar-refractivity contribution in [3.63, 3.8) is 0 Å². The van der Waals surface area contributed by atoms with Gasteiger partial charge in [0.15, 0.2) is 0 Å². The molecule has 0 aliphatic rings. The van der Waals surface area contributed by atoms with Gasteiger partial charge in [-0.05, 0) is 47.5 Å². The van der Waals surface area contributed by atoms with Crippen LogP contribution in [0.4, 0.5) is 17.1 Å². The van der Waals surface area contributed by atoms with E-state index >= 15 is 0 Å². The minimum absolute atomic E-state index is 0.248. The van der Waals surface area contributed by atoms with Crippen molar-refractivity contribution < 1.29 is 4.79 Å². The Labute approximate surface area is 155 Å². The van der Waals surface area contributed by atoms with Crippen molar-refractivity contribution in [3.8, 4) is 11.1 Å². The van der Waals surface area contributed by atoms with Crippen LogP contribution in [-0.2, 0) is 0 Å². The highest BCUT2D eigenvalue weighted by Gasteiger charge is 2.13. The number of nitrogens with one attached hydrogen (secondary N) is 1. The van der Waals surface area contributed by atoms with Crippen molar-refractivity contribution in [1.29, 1.82) is 0 Å². The van der Waals surface area contributed by atoms with Crippen molar-refractivity contribution in [1.82, 2.24) is 0 Å². The molecule has 3 aromatic rings. The summed E-state index contributed by atoms with van der Waals surface area (Å²) in [7, 11) is 0. The standard InChI is InChI=1S/C19H15Cl2N3O/c20-16-10-18(23)17(21)9-15(16)19(25)24-14-7-3-12(4-8-14)11-1-5-13(22)6-2-11/h1-10H,22-23H2,(H,24,25). The number of rotatable bonds is 3. The summed E-state index contributed by atoms with van der Waals surface area (Å²) in [6.45, 7) is 0. The molecule has 0 aliphatic carbocycles. The van der Waals surface area contributed by atoms with Gasteiger partial charge >= 0.3 is 0 Å². The molecule has 0 saturated heterocycles. The molecule has 6 heteroatoms. The van der Waals surface area contributed by atoms with Gasteiger partial charge in [-0.3, -0.25) is 4.79 Å². The topological polar surface area (TPSA) is 81.1 Å². The SMILES string of the molecule is Nc1ccc(-c2ccc(NC(=O)c3cc(Cl)c(N)cc3Cl)cc2)cc1. The second-order valence-corrected chi connectivity index (χ2v) is 6.32. The van der Waals surface area contributed by atoms with Crippen molar-refractivity contribution >= 4 is 46.2 Å². The van der Waals surface area contributed by atoms with E-state index in [2.05, 4.69) is 5.32 Å². The molecule has 0 saturated carbocycles. The maximum Gasteiger partial charge on any atom is 0.257 e. The van der Waals surface area contributed by atoms with E-state index in [1.165, 1.54) is 12.1 Å².